The number of aryl methyl sites for hydroxylation is 1. The van der Waals surface area contributed by atoms with Gasteiger partial charge in [-0.25, -0.2) is 4.98 Å². The van der Waals surface area contributed by atoms with E-state index in [1.165, 1.54) is 5.56 Å². The molecule has 0 atom stereocenters. The number of carbonyl (C=O) groups excluding carboxylic acids is 1. The van der Waals surface area contributed by atoms with Crippen molar-refractivity contribution >= 4 is 34.7 Å². The molecule has 136 valence electrons. The molecule has 0 saturated carbocycles. The molecule has 0 fully saturated rings. The molecule has 3 aromatic rings. The minimum Gasteiger partial charge on any atom is -0.375 e. The maximum Gasteiger partial charge on any atom is 0.207 e. The number of H-pyrrole nitrogens is 1. The van der Waals surface area contributed by atoms with Gasteiger partial charge in [0.1, 0.15) is 5.65 Å². The number of hydrogen-bond acceptors (Lipinski definition) is 3. The molecular weight excluding hydrogens is 348 g/mol. The molecule has 2 heterocycles. The normalized spacial score (nSPS) is 10.9. The van der Waals surface area contributed by atoms with E-state index in [-0.39, 0.29) is 0 Å². The van der Waals surface area contributed by atoms with E-state index in [0.29, 0.717) is 6.54 Å². The largest absolute Gasteiger partial charge is 0.375 e. The zero-order valence-electron chi connectivity index (χ0n) is 15.1. The third-order valence-electron chi connectivity index (χ3n) is 4.60. The predicted molar refractivity (Wildman–Crippen MR) is 108 cm³/mol. The maximum atomic E-state index is 10.3. The Bertz CT molecular complexity index is 906. The molecule has 1 amide bonds. The number of hydrogen-bond donors (Lipinski definition) is 2. The number of amides is 1. The Labute approximate surface area is 158 Å². The fraction of sp³-hybridized carbons (Fsp3) is 0.300. The van der Waals surface area contributed by atoms with Gasteiger partial charge in [-0.15, -0.1) is 0 Å². The van der Waals surface area contributed by atoms with Crippen molar-refractivity contribution in [1.29, 1.82) is 0 Å². The summed E-state index contributed by atoms with van der Waals surface area (Å²) in [7, 11) is 2.05. The quantitative estimate of drug-likeness (QED) is 0.465. The summed E-state index contributed by atoms with van der Waals surface area (Å²) >= 11 is 6.74. The second-order valence-corrected chi connectivity index (χ2v) is 6.65. The van der Waals surface area contributed by atoms with Crippen LogP contribution in [-0.4, -0.2) is 36.5 Å². The van der Waals surface area contributed by atoms with Gasteiger partial charge >= 0.3 is 0 Å². The van der Waals surface area contributed by atoms with E-state index in [1.807, 2.05) is 25.5 Å². The smallest absolute Gasteiger partial charge is 0.207 e. The van der Waals surface area contributed by atoms with E-state index in [2.05, 4.69) is 45.3 Å². The lowest BCUT2D eigenvalue weighted by molar-refractivity contribution is -0.109. The van der Waals surface area contributed by atoms with Crippen LogP contribution in [0.2, 0.25) is 5.02 Å². The highest BCUT2D eigenvalue weighted by molar-refractivity contribution is 6.38. The van der Waals surface area contributed by atoms with Crippen LogP contribution < -0.4 is 10.2 Å². The average molecular weight is 371 g/mol. The number of aromatic amines is 1. The molecule has 0 bridgehead atoms. The summed E-state index contributed by atoms with van der Waals surface area (Å²) in [4.78, 5) is 20.2. The molecule has 2 N–H and O–H groups in total. The number of anilines is 1. The van der Waals surface area contributed by atoms with E-state index >= 15 is 0 Å². The summed E-state index contributed by atoms with van der Waals surface area (Å²) in [5.74, 6) is 0. The Kier molecular flexibility index (Phi) is 5.78. The lowest BCUT2D eigenvalue weighted by Crippen LogP contribution is -2.23. The minimum absolute atomic E-state index is 0.674. The summed E-state index contributed by atoms with van der Waals surface area (Å²) in [5.41, 5.74) is 5.09. The fourth-order valence-electron chi connectivity index (χ4n) is 3.12. The molecule has 0 aliphatic rings. The van der Waals surface area contributed by atoms with Gasteiger partial charge in [0.15, 0.2) is 0 Å². The monoisotopic (exact) mass is 370 g/mol. The van der Waals surface area contributed by atoms with E-state index in [0.717, 1.165) is 58.7 Å². The van der Waals surface area contributed by atoms with Crippen LogP contribution in [0.15, 0.2) is 36.7 Å². The standard InChI is InChI=1S/C20H23ClN4O/c1-3-14-11-23-20-18(14)19(21)17(12-24-20)15-6-4-7-16(10-15)25(2)9-5-8-22-13-26/h4,6-7,10-13H,3,5,8-9H2,1-2H3,(H,22,26)(H,23,24). The SMILES string of the molecule is CCc1c[nH]c2ncc(-c3cccc(N(C)CCCNC=O)c3)c(Cl)c12. The van der Waals surface area contributed by atoms with Gasteiger partial charge in [0, 0.05) is 49.2 Å². The molecule has 0 aliphatic heterocycles. The van der Waals surface area contributed by atoms with Crippen molar-refractivity contribution in [1.82, 2.24) is 15.3 Å². The Balaban J connectivity index is 1.89. The highest BCUT2D eigenvalue weighted by Crippen LogP contribution is 2.36. The molecule has 3 rings (SSSR count). The molecule has 0 radical (unpaired) electrons. The zero-order chi connectivity index (χ0) is 18.5. The number of nitrogens with zero attached hydrogens (tertiary/aromatic N) is 2. The van der Waals surface area contributed by atoms with Crippen molar-refractivity contribution < 1.29 is 4.79 Å². The number of benzene rings is 1. The molecule has 1 aromatic carbocycles. The Morgan fingerprint density at radius 1 is 1.38 bits per heavy atom. The second-order valence-electron chi connectivity index (χ2n) is 6.27. The minimum atomic E-state index is 0.674. The zero-order valence-corrected chi connectivity index (χ0v) is 15.8. The van der Waals surface area contributed by atoms with Crippen molar-refractivity contribution in [3.05, 3.63) is 47.2 Å². The third kappa shape index (κ3) is 3.68. The van der Waals surface area contributed by atoms with Crippen LogP contribution >= 0.6 is 11.6 Å². The number of rotatable bonds is 8. The highest BCUT2D eigenvalue weighted by Gasteiger charge is 2.14. The molecule has 6 heteroatoms. The number of carbonyl (C=O) groups is 1. The van der Waals surface area contributed by atoms with Crippen molar-refractivity contribution in [2.45, 2.75) is 19.8 Å². The number of aromatic nitrogens is 2. The van der Waals surface area contributed by atoms with Crippen molar-refractivity contribution in [2.75, 3.05) is 25.0 Å². The number of fused-ring (bicyclic) bond motifs is 1. The number of pyridine rings is 1. The maximum absolute atomic E-state index is 10.3. The Morgan fingerprint density at radius 2 is 2.23 bits per heavy atom. The molecule has 0 aliphatic carbocycles. The first-order valence-electron chi connectivity index (χ1n) is 8.78. The Hall–Kier alpha value is -2.53. The topological polar surface area (TPSA) is 61.0 Å². The van der Waals surface area contributed by atoms with Crippen molar-refractivity contribution in [3.8, 4) is 11.1 Å². The van der Waals surface area contributed by atoms with Gasteiger partial charge in [-0.05, 0) is 36.1 Å². The first kappa shape index (κ1) is 18.3. The molecule has 0 saturated heterocycles. The van der Waals surface area contributed by atoms with Gasteiger partial charge in [-0.3, -0.25) is 4.79 Å². The highest BCUT2D eigenvalue weighted by atomic mass is 35.5. The molecule has 0 spiro atoms. The van der Waals surface area contributed by atoms with Crippen LogP contribution in [0.4, 0.5) is 5.69 Å². The van der Waals surface area contributed by atoms with Crippen LogP contribution in [0.1, 0.15) is 18.9 Å². The van der Waals surface area contributed by atoms with Gasteiger partial charge in [0.25, 0.3) is 0 Å². The first-order valence-corrected chi connectivity index (χ1v) is 9.16. The number of nitrogens with one attached hydrogen (secondary N) is 2. The third-order valence-corrected chi connectivity index (χ3v) is 4.99. The summed E-state index contributed by atoms with van der Waals surface area (Å²) in [6.45, 7) is 3.64. The molecular formula is C20H23ClN4O. The number of halogens is 1. The molecule has 5 nitrogen and oxygen atoms in total. The molecule has 0 unspecified atom stereocenters. The van der Waals surface area contributed by atoms with E-state index in [9.17, 15) is 4.79 Å². The van der Waals surface area contributed by atoms with Crippen molar-refractivity contribution in [2.24, 2.45) is 0 Å². The summed E-state index contributed by atoms with van der Waals surface area (Å²) in [6.07, 6.45) is 6.33. The van der Waals surface area contributed by atoms with Gasteiger partial charge in [-0.1, -0.05) is 30.7 Å². The summed E-state index contributed by atoms with van der Waals surface area (Å²) in [5, 5.41) is 4.43. The molecule has 2 aromatic heterocycles. The van der Waals surface area contributed by atoms with E-state index < -0.39 is 0 Å². The predicted octanol–water partition coefficient (Wildman–Crippen LogP) is 4.02. The van der Waals surface area contributed by atoms with Gasteiger partial charge < -0.3 is 15.2 Å². The first-order chi connectivity index (χ1) is 12.7. The summed E-state index contributed by atoms with van der Waals surface area (Å²) in [6, 6.07) is 8.28. The Morgan fingerprint density at radius 3 is 3.00 bits per heavy atom. The van der Waals surface area contributed by atoms with E-state index in [4.69, 9.17) is 11.6 Å². The van der Waals surface area contributed by atoms with Crippen molar-refractivity contribution in [3.63, 3.8) is 0 Å². The lowest BCUT2D eigenvalue weighted by atomic mass is 10.0. The summed E-state index contributed by atoms with van der Waals surface area (Å²) < 4.78 is 0. The van der Waals surface area contributed by atoms with Crippen LogP contribution in [0.25, 0.3) is 22.2 Å². The van der Waals surface area contributed by atoms with Crippen LogP contribution in [0, 0.1) is 0 Å². The fourth-order valence-corrected chi connectivity index (χ4v) is 3.49. The van der Waals surface area contributed by atoms with Crippen LogP contribution in [-0.2, 0) is 11.2 Å². The second kappa shape index (κ2) is 8.23. The van der Waals surface area contributed by atoms with Crippen LogP contribution in [0.3, 0.4) is 0 Å². The van der Waals surface area contributed by atoms with Crippen LogP contribution in [0.5, 0.6) is 0 Å². The van der Waals surface area contributed by atoms with Gasteiger partial charge in [0.05, 0.1) is 5.02 Å². The lowest BCUT2D eigenvalue weighted by Gasteiger charge is -2.20. The van der Waals surface area contributed by atoms with Gasteiger partial charge in [-0.2, -0.15) is 0 Å². The van der Waals surface area contributed by atoms with E-state index in [1.54, 1.807) is 0 Å². The average Bonchev–Trinajstić information content (AvgIpc) is 3.09. The van der Waals surface area contributed by atoms with Gasteiger partial charge in [0.2, 0.25) is 6.41 Å². The molecule has 26 heavy (non-hydrogen) atoms.